The molecule has 0 N–H and O–H groups in total. The van der Waals surface area contributed by atoms with E-state index in [9.17, 15) is 0 Å². The van der Waals surface area contributed by atoms with Crippen molar-refractivity contribution in [2.24, 2.45) is 0 Å². The molecule has 0 radical (unpaired) electrons. The van der Waals surface area contributed by atoms with Crippen molar-refractivity contribution in [1.82, 2.24) is 20.2 Å². The summed E-state index contributed by atoms with van der Waals surface area (Å²) in [4.78, 5) is 0. The SMILES string of the molecule is C[C@@H](c1ccccc1)n1cnnn1. The summed E-state index contributed by atoms with van der Waals surface area (Å²) in [6, 6.07) is 10.3. The van der Waals surface area contributed by atoms with Crippen molar-refractivity contribution < 1.29 is 0 Å². The Balaban J connectivity index is 2.29. The summed E-state index contributed by atoms with van der Waals surface area (Å²) in [6.45, 7) is 2.06. The number of hydrogen-bond acceptors (Lipinski definition) is 3. The summed E-state index contributed by atoms with van der Waals surface area (Å²) >= 11 is 0. The minimum absolute atomic E-state index is 0.191. The van der Waals surface area contributed by atoms with Gasteiger partial charge >= 0.3 is 0 Å². The third-order valence-corrected chi connectivity index (χ3v) is 2.04. The van der Waals surface area contributed by atoms with Crippen molar-refractivity contribution in [1.29, 1.82) is 0 Å². The quantitative estimate of drug-likeness (QED) is 0.688. The molecule has 0 fully saturated rings. The van der Waals surface area contributed by atoms with Crippen LogP contribution in [-0.2, 0) is 0 Å². The Kier molecular flexibility index (Phi) is 2.04. The lowest BCUT2D eigenvalue weighted by molar-refractivity contribution is 0.543. The van der Waals surface area contributed by atoms with Crippen LogP contribution in [0.3, 0.4) is 0 Å². The third kappa shape index (κ3) is 1.56. The van der Waals surface area contributed by atoms with E-state index in [-0.39, 0.29) is 6.04 Å². The van der Waals surface area contributed by atoms with Gasteiger partial charge < -0.3 is 0 Å². The van der Waals surface area contributed by atoms with E-state index in [2.05, 4.69) is 34.6 Å². The first-order chi connectivity index (χ1) is 6.38. The number of rotatable bonds is 2. The van der Waals surface area contributed by atoms with Gasteiger partial charge in [0.15, 0.2) is 0 Å². The number of benzene rings is 1. The molecule has 0 aliphatic heterocycles. The summed E-state index contributed by atoms with van der Waals surface area (Å²) in [5.74, 6) is 0. The van der Waals surface area contributed by atoms with Crippen molar-refractivity contribution in [3.05, 3.63) is 42.2 Å². The van der Waals surface area contributed by atoms with E-state index in [4.69, 9.17) is 0 Å². The van der Waals surface area contributed by atoms with Crippen LogP contribution in [0.2, 0.25) is 0 Å². The lowest BCUT2D eigenvalue weighted by atomic mass is 10.1. The summed E-state index contributed by atoms with van der Waals surface area (Å²) in [6.07, 6.45) is 1.62. The maximum Gasteiger partial charge on any atom is 0.138 e. The van der Waals surface area contributed by atoms with Gasteiger partial charge in [-0.15, -0.1) is 5.10 Å². The van der Waals surface area contributed by atoms with Gasteiger partial charge in [-0.1, -0.05) is 30.3 Å². The minimum atomic E-state index is 0.191. The molecule has 0 amide bonds. The first-order valence-electron chi connectivity index (χ1n) is 4.15. The van der Waals surface area contributed by atoms with Crippen molar-refractivity contribution >= 4 is 0 Å². The molecule has 0 saturated heterocycles. The summed E-state index contributed by atoms with van der Waals surface area (Å²) in [5.41, 5.74) is 1.20. The van der Waals surface area contributed by atoms with E-state index >= 15 is 0 Å². The highest BCUT2D eigenvalue weighted by molar-refractivity contribution is 5.18. The van der Waals surface area contributed by atoms with Gasteiger partial charge in [0.25, 0.3) is 0 Å². The first kappa shape index (κ1) is 7.91. The Morgan fingerprint density at radius 3 is 2.62 bits per heavy atom. The Morgan fingerprint density at radius 2 is 2.00 bits per heavy atom. The predicted molar refractivity (Wildman–Crippen MR) is 48.1 cm³/mol. The van der Waals surface area contributed by atoms with Gasteiger partial charge in [-0.3, -0.25) is 0 Å². The second-order valence-electron chi connectivity index (χ2n) is 2.88. The Bertz CT molecular complexity index is 354. The zero-order chi connectivity index (χ0) is 9.10. The Morgan fingerprint density at radius 1 is 1.23 bits per heavy atom. The van der Waals surface area contributed by atoms with Gasteiger partial charge in [-0.25, -0.2) is 4.68 Å². The molecule has 1 aromatic carbocycles. The summed E-state index contributed by atoms with van der Waals surface area (Å²) < 4.78 is 1.73. The van der Waals surface area contributed by atoms with Gasteiger partial charge in [0.2, 0.25) is 0 Å². The lowest BCUT2D eigenvalue weighted by Crippen LogP contribution is -2.07. The fourth-order valence-corrected chi connectivity index (χ4v) is 1.23. The van der Waals surface area contributed by atoms with E-state index in [0.29, 0.717) is 0 Å². The first-order valence-corrected chi connectivity index (χ1v) is 4.15. The monoisotopic (exact) mass is 174 g/mol. The van der Waals surface area contributed by atoms with E-state index < -0.39 is 0 Å². The molecule has 0 aliphatic carbocycles. The average molecular weight is 174 g/mol. The average Bonchev–Trinajstić information content (AvgIpc) is 2.71. The normalized spacial score (nSPS) is 12.7. The molecule has 0 unspecified atom stereocenters. The number of hydrogen-bond donors (Lipinski definition) is 0. The van der Waals surface area contributed by atoms with Crippen molar-refractivity contribution in [3.8, 4) is 0 Å². The molecule has 2 rings (SSSR count). The van der Waals surface area contributed by atoms with Gasteiger partial charge in [-0.2, -0.15) is 0 Å². The van der Waals surface area contributed by atoms with Crippen LogP contribution in [0.5, 0.6) is 0 Å². The van der Waals surface area contributed by atoms with E-state index in [1.54, 1.807) is 11.0 Å². The van der Waals surface area contributed by atoms with Crippen molar-refractivity contribution in [3.63, 3.8) is 0 Å². The van der Waals surface area contributed by atoms with Crippen LogP contribution in [0.25, 0.3) is 0 Å². The molecule has 2 aromatic rings. The number of nitrogens with zero attached hydrogens (tertiary/aromatic N) is 4. The standard InChI is InChI=1S/C9H10N4/c1-8(13-7-10-11-12-13)9-5-3-2-4-6-9/h2-8H,1H3/t8-/m0/s1. The molecule has 0 bridgehead atoms. The lowest BCUT2D eigenvalue weighted by Gasteiger charge is -2.09. The molecule has 66 valence electrons. The molecule has 0 spiro atoms. The van der Waals surface area contributed by atoms with Gasteiger partial charge in [0, 0.05) is 0 Å². The zero-order valence-electron chi connectivity index (χ0n) is 7.33. The zero-order valence-corrected chi connectivity index (χ0v) is 7.33. The molecule has 13 heavy (non-hydrogen) atoms. The van der Waals surface area contributed by atoms with Gasteiger partial charge in [0.05, 0.1) is 6.04 Å². The smallest absolute Gasteiger partial charge is 0.138 e. The molecular weight excluding hydrogens is 164 g/mol. The maximum atomic E-state index is 3.85. The largest absolute Gasteiger partial charge is 0.225 e. The fourth-order valence-electron chi connectivity index (χ4n) is 1.23. The van der Waals surface area contributed by atoms with Crippen LogP contribution in [0.4, 0.5) is 0 Å². The topological polar surface area (TPSA) is 43.6 Å². The van der Waals surface area contributed by atoms with E-state index in [1.165, 1.54) is 5.56 Å². The molecule has 1 atom stereocenters. The second kappa shape index (κ2) is 3.35. The summed E-state index contributed by atoms with van der Waals surface area (Å²) in [5, 5.41) is 11.1. The second-order valence-corrected chi connectivity index (χ2v) is 2.88. The van der Waals surface area contributed by atoms with Crippen molar-refractivity contribution in [2.45, 2.75) is 13.0 Å². The third-order valence-electron chi connectivity index (χ3n) is 2.04. The van der Waals surface area contributed by atoms with Crippen LogP contribution >= 0.6 is 0 Å². The van der Waals surface area contributed by atoms with E-state index in [1.807, 2.05) is 18.2 Å². The fraction of sp³-hybridized carbons (Fsp3) is 0.222. The van der Waals surface area contributed by atoms with E-state index in [0.717, 1.165) is 0 Å². The molecular formula is C9H10N4. The number of aromatic nitrogens is 4. The molecule has 4 heteroatoms. The molecule has 4 nitrogen and oxygen atoms in total. The maximum absolute atomic E-state index is 3.85. The summed E-state index contributed by atoms with van der Waals surface area (Å²) in [7, 11) is 0. The van der Waals surface area contributed by atoms with Crippen LogP contribution in [0.15, 0.2) is 36.7 Å². The van der Waals surface area contributed by atoms with Crippen LogP contribution < -0.4 is 0 Å². The molecule has 1 heterocycles. The molecule has 1 aromatic heterocycles. The van der Waals surface area contributed by atoms with Gasteiger partial charge in [-0.05, 0) is 22.9 Å². The van der Waals surface area contributed by atoms with Crippen LogP contribution in [-0.4, -0.2) is 20.2 Å². The molecule has 0 aliphatic rings. The number of tetrazole rings is 1. The van der Waals surface area contributed by atoms with Crippen LogP contribution in [0, 0.1) is 0 Å². The minimum Gasteiger partial charge on any atom is -0.225 e. The van der Waals surface area contributed by atoms with Gasteiger partial charge in [0.1, 0.15) is 6.33 Å². The highest BCUT2D eigenvalue weighted by Crippen LogP contribution is 2.14. The highest BCUT2D eigenvalue weighted by Gasteiger charge is 2.06. The van der Waals surface area contributed by atoms with Crippen LogP contribution in [0.1, 0.15) is 18.5 Å². The highest BCUT2D eigenvalue weighted by atomic mass is 15.5. The Hall–Kier alpha value is -1.71. The Labute approximate surface area is 76.2 Å². The molecule has 0 saturated carbocycles. The predicted octanol–water partition coefficient (Wildman–Crippen LogP) is 1.28. The van der Waals surface area contributed by atoms with Crippen molar-refractivity contribution in [2.75, 3.05) is 0 Å².